The normalized spacial score (nSPS) is 11.6. The second kappa shape index (κ2) is 9.82. The Kier molecular flexibility index (Phi) is 5.50. The fourth-order valence-corrected chi connectivity index (χ4v) is 6.51. The van der Waals surface area contributed by atoms with Crippen molar-refractivity contribution in [2.24, 2.45) is 0 Å². The molecule has 204 valence electrons. The molecule has 7 aromatic carbocycles. The molecule has 0 spiro atoms. The fourth-order valence-electron chi connectivity index (χ4n) is 6.51. The molecule has 0 unspecified atom stereocenters. The van der Waals surface area contributed by atoms with Crippen LogP contribution in [0.3, 0.4) is 0 Å². The zero-order valence-electron chi connectivity index (χ0n) is 23.8. The molecule has 9 rings (SSSR count). The van der Waals surface area contributed by atoms with Gasteiger partial charge >= 0.3 is 0 Å². The Morgan fingerprint density at radius 3 is 1.50 bits per heavy atom. The van der Waals surface area contributed by atoms with E-state index < -0.39 is 0 Å². The Morgan fingerprint density at radius 2 is 0.841 bits per heavy atom. The fraction of sp³-hybridized carbons (Fsp3) is 0. The quantitative estimate of drug-likeness (QED) is 0.160. The molecule has 0 N–H and O–H groups in total. The van der Waals surface area contributed by atoms with Crippen LogP contribution in [-0.2, 0) is 0 Å². The Hall–Kier alpha value is -5.93. The number of hydrogen-bond donors (Lipinski definition) is 0. The molecule has 0 radical (unpaired) electrons. The second-order valence-corrected chi connectivity index (χ2v) is 11.2. The zero-order valence-corrected chi connectivity index (χ0v) is 23.8. The van der Waals surface area contributed by atoms with Crippen molar-refractivity contribution in [1.29, 1.82) is 0 Å². The Balaban J connectivity index is 1.38. The standard InChI is InChI=1S/C41H25N3/c1-2-10-26(11-3-1)27-18-20-30(21-19-27)41-42-36-17-9-8-16-33(36)40(44-41)37-34-24-22-28-12-4-6-14-31(28)38(34)43-39-32-15-7-5-13-29(32)23-25-35(37)39/h1-25H. The predicted octanol–water partition coefficient (Wildman–Crippen LogP) is 10.6. The van der Waals surface area contributed by atoms with Crippen molar-refractivity contribution in [3.8, 4) is 33.8 Å². The molecule has 0 saturated heterocycles. The van der Waals surface area contributed by atoms with E-state index in [0.29, 0.717) is 5.82 Å². The minimum absolute atomic E-state index is 0.706. The van der Waals surface area contributed by atoms with E-state index >= 15 is 0 Å². The Labute approximate surface area is 254 Å². The second-order valence-electron chi connectivity index (χ2n) is 11.2. The third-order valence-corrected chi connectivity index (χ3v) is 8.65. The maximum atomic E-state index is 5.38. The molecule has 0 saturated carbocycles. The van der Waals surface area contributed by atoms with E-state index in [2.05, 4.69) is 140 Å². The smallest absolute Gasteiger partial charge is 0.160 e. The number of pyridine rings is 1. The van der Waals surface area contributed by atoms with Gasteiger partial charge in [0.05, 0.1) is 22.2 Å². The highest BCUT2D eigenvalue weighted by Gasteiger charge is 2.20. The van der Waals surface area contributed by atoms with Crippen LogP contribution in [0.2, 0.25) is 0 Å². The summed E-state index contributed by atoms with van der Waals surface area (Å²) < 4.78 is 0. The minimum atomic E-state index is 0.706. The SMILES string of the molecule is c1ccc(-c2ccc(-c3nc(-c4c5ccc6ccccc6c5nc5c4ccc4ccccc45)c4ccccc4n3)cc2)cc1. The Bertz CT molecular complexity index is 2440. The molecule has 3 heteroatoms. The van der Waals surface area contributed by atoms with Crippen LogP contribution in [-0.4, -0.2) is 15.0 Å². The average Bonchev–Trinajstić information content (AvgIpc) is 3.10. The van der Waals surface area contributed by atoms with Gasteiger partial charge in [-0.1, -0.05) is 146 Å². The van der Waals surface area contributed by atoms with Gasteiger partial charge in [-0.15, -0.1) is 0 Å². The molecule has 0 aliphatic carbocycles. The van der Waals surface area contributed by atoms with E-state index in [9.17, 15) is 0 Å². The van der Waals surface area contributed by atoms with Crippen molar-refractivity contribution in [1.82, 2.24) is 15.0 Å². The first kappa shape index (κ1) is 24.6. The Morgan fingerprint density at radius 1 is 0.318 bits per heavy atom. The molecule has 0 aliphatic rings. The van der Waals surface area contributed by atoms with E-state index in [1.54, 1.807) is 0 Å². The van der Waals surface area contributed by atoms with Crippen LogP contribution >= 0.6 is 0 Å². The van der Waals surface area contributed by atoms with Gasteiger partial charge in [-0.3, -0.25) is 0 Å². The summed E-state index contributed by atoms with van der Waals surface area (Å²) in [6, 6.07) is 53.1. The molecule has 2 aromatic heterocycles. The summed E-state index contributed by atoms with van der Waals surface area (Å²) in [4.78, 5) is 15.8. The number of benzene rings is 7. The molecule has 9 aromatic rings. The van der Waals surface area contributed by atoms with Crippen LogP contribution < -0.4 is 0 Å². The molecule has 44 heavy (non-hydrogen) atoms. The van der Waals surface area contributed by atoms with Gasteiger partial charge < -0.3 is 0 Å². The van der Waals surface area contributed by atoms with Gasteiger partial charge in [0.2, 0.25) is 0 Å². The topological polar surface area (TPSA) is 38.7 Å². The summed E-state index contributed by atoms with van der Waals surface area (Å²) in [7, 11) is 0. The van der Waals surface area contributed by atoms with E-state index in [1.165, 1.54) is 21.9 Å². The lowest BCUT2D eigenvalue weighted by Crippen LogP contribution is -1.98. The molecular weight excluding hydrogens is 534 g/mol. The highest BCUT2D eigenvalue weighted by atomic mass is 14.9. The first-order valence-corrected chi connectivity index (χ1v) is 14.9. The molecule has 0 fully saturated rings. The molecule has 2 heterocycles. The third kappa shape index (κ3) is 3.87. The highest BCUT2D eigenvalue weighted by Crippen LogP contribution is 2.41. The molecule has 3 nitrogen and oxygen atoms in total. The van der Waals surface area contributed by atoms with Gasteiger partial charge in [0.15, 0.2) is 5.82 Å². The van der Waals surface area contributed by atoms with E-state index in [0.717, 1.165) is 60.3 Å². The summed E-state index contributed by atoms with van der Waals surface area (Å²) in [5, 5.41) is 7.80. The average molecular weight is 560 g/mol. The van der Waals surface area contributed by atoms with Crippen molar-refractivity contribution >= 4 is 54.3 Å². The van der Waals surface area contributed by atoms with Crippen LogP contribution in [0.1, 0.15) is 0 Å². The summed E-state index contributed by atoms with van der Waals surface area (Å²) in [5.41, 5.74) is 8.22. The summed E-state index contributed by atoms with van der Waals surface area (Å²) >= 11 is 0. The van der Waals surface area contributed by atoms with Crippen LogP contribution in [0.25, 0.3) is 88.0 Å². The summed E-state index contributed by atoms with van der Waals surface area (Å²) in [6.45, 7) is 0. The van der Waals surface area contributed by atoms with Crippen molar-refractivity contribution < 1.29 is 0 Å². The maximum Gasteiger partial charge on any atom is 0.160 e. The molecule has 0 amide bonds. The lowest BCUT2D eigenvalue weighted by atomic mass is 9.93. The highest BCUT2D eigenvalue weighted by molar-refractivity contribution is 6.22. The molecule has 0 bridgehead atoms. The van der Waals surface area contributed by atoms with Gasteiger partial charge in [-0.05, 0) is 28.0 Å². The molecular formula is C41H25N3. The third-order valence-electron chi connectivity index (χ3n) is 8.65. The van der Waals surface area contributed by atoms with Crippen LogP contribution in [0.5, 0.6) is 0 Å². The zero-order chi connectivity index (χ0) is 29.0. The summed E-state index contributed by atoms with van der Waals surface area (Å²) in [5.74, 6) is 0.706. The van der Waals surface area contributed by atoms with E-state index in [1.807, 2.05) is 12.1 Å². The van der Waals surface area contributed by atoms with Gasteiger partial charge in [-0.2, -0.15) is 0 Å². The molecule has 0 atom stereocenters. The van der Waals surface area contributed by atoms with Crippen molar-refractivity contribution in [3.05, 3.63) is 152 Å². The van der Waals surface area contributed by atoms with Crippen LogP contribution in [0, 0.1) is 0 Å². The first-order chi connectivity index (χ1) is 21.8. The van der Waals surface area contributed by atoms with Crippen molar-refractivity contribution in [2.45, 2.75) is 0 Å². The number of para-hydroxylation sites is 1. The lowest BCUT2D eigenvalue weighted by Gasteiger charge is -2.16. The largest absolute Gasteiger partial charge is 0.246 e. The summed E-state index contributed by atoms with van der Waals surface area (Å²) in [6.07, 6.45) is 0. The van der Waals surface area contributed by atoms with Crippen molar-refractivity contribution in [2.75, 3.05) is 0 Å². The van der Waals surface area contributed by atoms with Gasteiger partial charge in [0.25, 0.3) is 0 Å². The monoisotopic (exact) mass is 559 g/mol. The van der Waals surface area contributed by atoms with Crippen LogP contribution in [0.15, 0.2) is 152 Å². The number of hydrogen-bond acceptors (Lipinski definition) is 3. The predicted molar refractivity (Wildman–Crippen MR) is 184 cm³/mol. The first-order valence-electron chi connectivity index (χ1n) is 14.9. The minimum Gasteiger partial charge on any atom is -0.246 e. The maximum absolute atomic E-state index is 5.38. The van der Waals surface area contributed by atoms with Gasteiger partial charge in [0, 0.05) is 38.1 Å². The van der Waals surface area contributed by atoms with Gasteiger partial charge in [0.1, 0.15) is 0 Å². The number of rotatable bonds is 3. The molecule has 0 aliphatic heterocycles. The van der Waals surface area contributed by atoms with E-state index in [-0.39, 0.29) is 0 Å². The van der Waals surface area contributed by atoms with Gasteiger partial charge in [-0.25, -0.2) is 15.0 Å². The number of nitrogens with zero attached hydrogens (tertiary/aromatic N) is 3. The number of fused-ring (bicyclic) bond motifs is 7. The lowest BCUT2D eigenvalue weighted by molar-refractivity contribution is 1.23. The van der Waals surface area contributed by atoms with E-state index in [4.69, 9.17) is 15.0 Å². The van der Waals surface area contributed by atoms with Crippen molar-refractivity contribution in [3.63, 3.8) is 0 Å². The number of aromatic nitrogens is 3. The van der Waals surface area contributed by atoms with Crippen LogP contribution in [0.4, 0.5) is 0 Å².